The average Bonchev–Trinajstić information content (AvgIpc) is 2.51. The van der Waals surface area contributed by atoms with Crippen LogP contribution in [0.5, 0.6) is 0 Å². The second kappa shape index (κ2) is 3.67. The molecule has 2 rings (SSSR count). The van der Waals surface area contributed by atoms with Gasteiger partial charge in [-0.2, -0.15) is 0 Å². The molecule has 0 aromatic carbocycles. The van der Waals surface area contributed by atoms with Crippen LogP contribution in [0.2, 0.25) is 0 Å². The van der Waals surface area contributed by atoms with Crippen LogP contribution in [0.1, 0.15) is 26.0 Å². The summed E-state index contributed by atoms with van der Waals surface area (Å²) in [7, 11) is 0. The topological polar surface area (TPSA) is 47.0 Å². The lowest BCUT2D eigenvalue weighted by Crippen LogP contribution is -2.16. The fourth-order valence-electron chi connectivity index (χ4n) is 1.64. The molecule has 1 saturated heterocycles. The highest BCUT2D eigenvalue weighted by atomic mass is 32.1. The number of nitrogens with zero attached hydrogens (tertiary/aromatic N) is 1. The van der Waals surface area contributed by atoms with Gasteiger partial charge in [0.1, 0.15) is 6.23 Å². The first-order chi connectivity index (χ1) is 6.66. The minimum atomic E-state index is -0.169. The van der Waals surface area contributed by atoms with Crippen LogP contribution in [0, 0.1) is 4.77 Å². The molecule has 1 aromatic heterocycles. The van der Waals surface area contributed by atoms with Crippen LogP contribution < -0.4 is 5.56 Å². The predicted molar refractivity (Wildman–Crippen MR) is 54.7 cm³/mol. The van der Waals surface area contributed by atoms with Crippen molar-refractivity contribution in [1.29, 1.82) is 0 Å². The van der Waals surface area contributed by atoms with Gasteiger partial charge in [0.15, 0.2) is 4.77 Å². The first-order valence-electron chi connectivity index (χ1n) is 4.64. The third-order valence-electron chi connectivity index (χ3n) is 2.37. The zero-order chi connectivity index (χ0) is 10.1. The molecule has 4 nitrogen and oxygen atoms in total. The van der Waals surface area contributed by atoms with Crippen molar-refractivity contribution in [2.24, 2.45) is 0 Å². The van der Waals surface area contributed by atoms with Gasteiger partial charge < -0.3 is 4.74 Å². The first-order valence-corrected chi connectivity index (χ1v) is 5.04. The monoisotopic (exact) mass is 212 g/mol. The fraction of sp³-hybridized carbons (Fsp3) is 0.556. The Kier molecular flexibility index (Phi) is 2.52. The summed E-state index contributed by atoms with van der Waals surface area (Å²) in [5.74, 6) is 0. The largest absolute Gasteiger partial charge is 0.355 e. The van der Waals surface area contributed by atoms with Gasteiger partial charge in [0.2, 0.25) is 0 Å². The van der Waals surface area contributed by atoms with E-state index < -0.39 is 0 Å². The maximum atomic E-state index is 10.9. The zero-order valence-corrected chi connectivity index (χ0v) is 8.71. The summed E-state index contributed by atoms with van der Waals surface area (Å²) < 4.78 is 7.86. The van der Waals surface area contributed by atoms with Crippen molar-refractivity contribution in [2.75, 3.05) is 0 Å². The Morgan fingerprint density at radius 2 is 2.43 bits per heavy atom. The number of rotatable bonds is 1. The van der Waals surface area contributed by atoms with E-state index in [2.05, 4.69) is 4.98 Å². The maximum absolute atomic E-state index is 10.9. The van der Waals surface area contributed by atoms with Crippen LogP contribution in [0.25, 0.3) is 0 Å². The smallest absolute Gasteiger partial charge is 0.251 e. The minimum Gasteiger partial charge on any atom is -0.355 e. The zero-order valence-electron chi connectivity index (χ0n) is 7.90. The van der Waals surface area contributed by atoms with Crippen LogP contribution >= 0.6 is 12.2 Å². The number of aromatic amines is 1. The number of ether oxygens (including phenoxy) is 1. The molecule has 5 heteroatoms. The SMILES string of the molecule is CC1CCC(n2ccc(=O)[nH]c2=S)O1. The summed E-state index contributed by atoms with van der Waals surface area (Å²) in [5, 5.41) is 0. The van der Waals surface area contributed by atoms with Gasteiger partial charge in [0.25, 0.3) is 5.56 Å². The van der Waals surface area contributed by atoms with Crippen molar-refractivity contribution >= 4 is 12.2 Å². The van der Waals surface area contributed by atoms with Gasteiger partial charge in [0, 0.05) is 12.3 Å². The van der Waals surface area contributed by atoms with E-state index in [1.165, 1.54) is 6.07 Å². The molecular formula is C9H12N2O2S. The lowest BCUT2D eigenvalue weighted by molar-refractivity contribution is 0.00911. The van der Waals surface area contributed by atoms with Crippen molar-refractivity contribution in [1.82, 2.24) is 9.55 Å². The number of nitrogens with one attached hydrogen (secondary N) is 1. The van der Waals surface area contributed by atoms with Crippen molar-refractivity contribution < 1.29 is 4.74 Å². The van der Waals surface area contributed by atoms with Gasteiger partial charge in [0.05, 0.1) is 6.10 Å². The van der Waals surface area contributed by atoms with Gasteiger partial charge in [-0.25, -0.2) is 0 Å². The van der Waals surface area contributed by atoms with Gasteiger partial charge in [-0.3, -0.25) is 14.3 Å². The Hall–Kier alpha value is -0.940. The molecule has 2 unspecified atom stereocenters. The van der Waals surface area contributed by atoms with E-state index in [1.807, 2.05) is 6.92 Å². The van der Waals surface area contributed by atoms with Gasteiger partial charge in [-0.15, -0.1) is 0 Å². The highest BCUT2D eigenvalue weighted by molar-refractivity contribution is 7.71. The molecule has 1 aliphatic rings. The summed E-state index contributed by atoms with van der Waals surface area (Å²) in [4.78, 5) is 13.5. The van der Waals surface area contributed by atoms with Crippen LogP contribution in [0.4, 0.5) is 0 Å². The Bertz CT molecular complexity index is 437. The van der Waals surface area contributed by atoms with Crippen LogP contribution in [0.15, 0.2) is 17.1 Å². The molecule has 0 bridgehead atoms. The predicted octanol–water partition coefficient (Wildman–Crippen LogP) is 1.60. The quantitative estimate of drug-likeness (QED) is 0.719. The Morgan fingerprint density at radius 1 is 1.64 bits per heavy atom. The van der Waals surface area contributed by atoms with Crippen molar-refractivity contribution in [3.8, 4) is 0 Å². The number of hydrogen-bond acceptors (Lipinski definition) is 3. The second-order valence-corrected chi connectivity index (χ2v) is 3.88. The Labute approximate surface area is 86.5 Å². The summed E-state index contributed by atoms with van der Waals surface area (Å²) in [6, 6.07) is 1.46. The molecule has 76 valence electrons. The summed E-state index contributed by atoms with van der Waals surface area (Å²) in [6.45, 7) is 2.04. The summed E-state index contributed by atoms with van der Waals surface area (Å²) >= 11 is 5.04. The van der Waals surface area contributed by atoms with E-state index in [4.69, 9.17) is 17.0 Å². The molecule has 0 amide bonds. The van der Waals surface area contributed by atoms with E-state index in [1.54, 1.807) is 10.8 Å². The molecule has 2 heterocycles. The van der Waals surface area contributed by atoms with E-state index in [9.17, 15) is 4.79 Å². The Balaban J connectivity index is 2.33. The van der Waals surface area contributed by atoms with Crippen LogP contribution in [-0.2, 0) is 4.74 Å². The lowest BCUT2D eigenvalue weighted by atomic mass is 10.2. The third-order valence-corrected chi connectivity index (χ3v) is 2.68. The highest BCUT2D eigenvalue weighted by Gasteiger charge is 2.22. The molecule has 1 aromatic rings. The first kappa shape index (κ1) is 9.61. The Morgan fingerprint density at radius 3 is 3.00 bits per heavy atom. The minimum absolute atomic E-state index is 0.0191. The standard InChI is InChI=1S/C9H12N2O2S/c1-6-2-3-8(13-6)11-5-4-7(12)10-9(11)14/h4-6,8H,2-3H2,1H3,(H,10,12,14). The maximum Gasteiger partial charge on any atom is 0.251 e. The molecule has 1 N–H and O–H groups in total. The van der Waals surface area contributed by atoms with Crippen molar-refractivity contribution in [2.45, 2.75) is 32.1 Å². The van der Waals surface area contributed by atoms with E-state index in [0.717, 1.165) is 12.8 Å². The molecule has 0 spiro atoms. The molecule has 1 aliphatic heterocycles. The van der Waals surface area contributed by atoms with E-state index in [0.29, 0.717) is 4.77 Å². The number of hydrogen-bond donors (Lipinski definition) is 1. The molecule has 2 atom stereocenters. The second-order valence-electron chi connectivity index (χ2n) is 3.50. The molecule has 0 aliphatic carbocycles. The molecule has 1 fully saturated rings. The van der Waals surface area contributed by atoms with Gasteiger partial charge in [-0.1, -0.05) is 0 Å². The van der Waals surface area contributed by atoms with Crippen molar-refractivity contribution in [3.05, 3.63) is 27.4 Å². The van der Waals surface area contributed by atoms with Crippen molar-refractivity contribution in [3.63, 3.8) is 0 Å². The number of H-pyrrole nitrogens is 1. The molecular weight excluding hydrogens is 200 g/mol. The highest BCUT2D eigenvalue weighted by Crippen LogP contribution is 2.27. The van der Waals surface area contributed by atoms with Gasteiger partial charge >= 0.3 is 0 Å². The summed E-state index contributed by atoms with van der Waals surface area (Å²) in [5.41, 5.74) is -0.169. The molecule has 0 saturated carbocycles. The van der Waals surface area contributed by atoms with E-state index in [-0.39, 0.29) is 17.9 Å². The van der Waals surface area contributed by atoms with Crippen LogP contribution in [-0.4, -0.2) is 15.7 Å². The third kappa shape index (κ3) is 1.78. The molecule has 0 radical (unpaired) electrons. The van der Waals surface area contributed by atoms with Crippen LogP contribution in [0.3, 0.4) is 0 Å². The van der Waals surface area contributed by atoms with E-state index >= 15 is 0 Å². The number of aromatic nitrogens is 2. The fourth-order valence-corrected chi connectivity index (χ4v) is 1.92. The molecule has 14 heavy (non-hydrogen) atoms. The summed E-state index contributed by atoms with van der Waals surface area (Å²) in [6.07, 6.45) is 3.92. The lowest BCUT2D eigenvalue weighted by Gasteiger charge is -2.14. The normalized spacial score (nSPS) is 26.6. The average molecular weight is 212 g/mol. The van der Waals surface area contributed by atoms with Gasteiger partial charge in [-0.05, 0) is 32.0 Å².